The van der Waals surface area contributed by atoms with Gasteiger partial charge in [0.25, 0.3) is 5.91 Å². The first-order valence-electron chi connectivity index (χ1n) is 8.95. The van der Waals surface area contributed by atoms with Crippen molar-refractivity contribution in [2.45, 2.75) is 0 Å². The number of anilines is 4. The van der Waals surface area contributed by atoms with Crippen LogP contribution in [-0.2, 0) is 0 Å². The highest BCUT2D eigenvalue weighted by Gasteiger charge is 2.13. The van der Waals surface area contributed by atoms with Gasteiger partial charge in [0.05, 0.1) is 27.5 Å². The van der Waals surface area contributed by atoms with Crippen LogP contribution in [0.4, 0.5) is 27.3 Å². The van der Waals surface area contributed by atoms with Gasteiger partial charge < -0.3 is 16.0 Å². The summed E-state index contributed by atoms with van der Waals surface area (Å²) in [5.41, 5.74) is 2.90. The lowest BCUT2D eigenvalue weighted by atomic mass is 10.1. The molecule has 0 bridgehead atoms. The van der Waals surface area contributed by atoms with Gasteiger partial charge in [-0.3, -0.25) is 9.78 Å². The Morgan fingerprint density at radius 2 is 1.97 bits per heavy atom. The monoisotopic (exact) mass is 422 g/mol. The quantitative estimate of drug-likeness (QED) is 0.425. The number of pyridine rings is 1. The highest BCUT2D eigenvalue weighted by Crippen LogP contribution is 2.32. The molecule has 1 amide bonds. The van der Waals surface area contributed by atoms with E-state index in [0.717, 1.165) is 0 Å². The lowest BCUT2D eigenvalue weighted by molar-refractivity contribution is 0.102. The molecule has 0 aliphatic rings. The molecule has 0 saturated heterocycles. The predicted octanol–water partition coefficient (Wildman–Crippen LogP) is 4.85. The van der Waals surface area contributed by atoms with Gasteiger partial charge in [0.2, 0.25) is 0 Å². The molecule has 0 aliphatic heterocycles. The molecule has 0 spiro atoms. The second-order valence-electron chi connectivity index (χ2n) is 6.34. The van der Waals surface area contributed by atoms with Crippen molar-refractivity contribution >= 4 is 51.3 Å². The molecule has 2 aromatic carbocycles. The summed E-state index contributed by atoms with van der Waals surface area (Å²) in [6.07, 6.45) is 4.51. The van der Waals surface area contributed by atoms with Crippen molar-refractivity contribution < 1.29 is 9.18 Å². The van der Waals surface area contributed by atoms with Gasteiger partial charge in [-0.25, -0.2) is 14.4 Å². The van der Waals surface area contributed by atoms with Crippen LogP contribution in [0.1, 0.15) is 10.4 Å². The average molecular weight is 423 g/mol. The van der Waals surface area contributed by atoms with Crippen LogP contribution < -0.4 is 16.0 Å². The summed E-state index contributed by atoms with van der Waals surface area (Å²) < 4.78 is 13.5. The smallest absolute Gasteiger partial charge is 0.257 e. The number of amides is 1. The molecular formula is C21H16ClFN6O. The van der Waals surface area contributed by atoms with Crippen LogP contribution in [0.15, 0.2) is 61.2 Å². The molecule has 7 nitrogen and oxygen atoms in total. The number of nitrogens with zero attached hydrogens (tertiary/aromatic N) is 3. The summed E-state index contributed by atoms with van der Waals surface area (Å²) in [5.74, 6) is -0.313. The number of aromatic nitrogens is 3. The molecule has 2 aromatic heterocycles. The number of nitrogens with one attached hydrogen (secondary N) is 3. The number of rotatable bonds is 5. The summed E-state index contributed by atoms with van der Waals surface area (Å²) in [4.78, 5) is 25.1. The van der Waals surface area contributed by atoms with Crippen molar-refractivity contribution in [2.75, 3.05) is 23.0 Å². The first-order chi connectivity index (χ1) is 14.5. The van der Waals surface area contributed by atoms with E-state index < -0.39 is 5.82 Å². The zero-order chi connectivity index (χ0) is 21.1. The van der Waals surface area contributed by atoms with Crippen molar-refractivity contribution in [1.29, 1.82) is 0 Å². The Hall–Kier alpha value is -3.78. The number of carbonyl (C=O) groups excluding carboxylic acids is 1. The van der Waals surface area contributed by atoms with Crippen molar-refractivity contribution in [1.82, 2.24) is 15.0 Å². The second-order valence-corrected chi connectivity index (χ2v) is 6.74. The Morgan fingerprint density at radius 3 is 2.70 bits per heavy atom. The maximum Gasteiger partial charge on any atom is 0.257 e. The molecule has 0 saturated carbocycles. The van der Waals surface area contributed by atoms with Crippen molar-refractivity contribution in [2.24, 2.45) is 0 Å². The van der Waals surface area contributed by atoms with Crippen LogP contribution in [0, 0.1) is 5.82 Å². The number of halogens is 2. The van der Waals surface area contributed by atoms with E-state index in [4.69, 9.17) is 11.6 Å². The summed E-state index contributed by atoms with van der Waals surface area (Å²) in [6, 6.07) is 11.2. The largest absolute Gasteiger partial charge is 0.386 e. The zero-order valence-electron chi connectivity index (χ0n) is 15.8. The minimum absolute atomic E-state index is 0.000235. The lowest BCUT2D eigenvalue weighted by Crippen LogP contribution is -2.13. The maximum absolute atomic E-state index is 13.5. The molecule has 4 rings (SSSR count). The summed E-state index contributed by atoms with van der Waals surface area (Å²) in [6.45, 7) is 0. The molecular weight excluding hydrogens is 407 g/mol. The van der Waals surface area contributed by atoms with Gasteiger partial charge in [0.15, 0.2) is 0 Å². The second kappa shape index (κ2) is 8.30. The highest BCUT2D eigenvalue weighted by atomic mass is 35.5. The lowest BCUT2D eigenvalue weighted by Gasteiger charge is -2.14. The third kappa shape index (κ3) is 3.99. The molecule has 0 aliphatic carbocycles. The Kier molecular flexibility index (Phi) is 5.40. The van der Waals surface area contributed by atoms with Crippen LogP contribution in [0.3, 0.4) is 0 Å². The molecule has 0 unspecified atom stereocenters. The number of fused-ring (bicyclic) bond motifs is 1. The zero-order valence-corrected chi connectivity index (χ0v) is 16.5. The Bertz CT molecular complexity index is 1240. The summed E-state index contributed by atoms with van der Waals surface area (Å²) in [7, 11) is 1.75. The minimum Gasteiger partial charge on any atom is -0.386 e. The van der Waals surface area contributed by atoms with Gasteiger partial charge in [-0.2, -0.15) is 0 Å². The Balaban J connectivity index is 1.73. The summed E-state index contributed by atoms with van der Waals surface area (Å²) in [5, 5.41) is 9.72. The maximum atomic E-state index is 13.5. The number of benzene rings is 2. The van der Waals surface area contributed by atoms with Gasteiger partial charge in [0.1, 0.15) is 18.0 Å². The van der Waals surface area contributed by atoms with Crippen molar-refractivity contribution in [3.05, 3.63) is 77.6 Å². The molecule has 0 fully saturated rings. The third-order valence-electron chi connectivity index (χ3n) is 4.40. The predicted molar refractivity (Wildman–Crippen MR) is 116 cm³/mol. The van der Waals surface area contributed by atoms with Crippen molar-refractivity contribution in [3.8, 4) is 0 Å². The van der Waals surface area contributed by atoms with Gasteiger partial charge in [-0.15, -0.1) is 0 Å². The standard InChI is InChI=1S/C21H16ClFN6O/c1-24-18-9-17-14(8-19(18)29-21(30)12-3-2-6-25-10-12)20(27-11-26-17)28-13-4-5-16(23)15(22)7-13/h2-11,24H,1H3,(H,29,30)(H,26,27,28). The van der Waals surface area contributed by atoms with Gasteiger partial charge >= 0.3 is 0 Å². The number of carbonyl (C=O) groups is 1. The first kappa shape index (κ1) is 19.5. The molecule has 3 N–H and O–H groups in total. The van der Waals surface area contributed by atoms with Crippen molar-refractivity contribution in [3.63, 3.8) is 0 Å². The minimum atomic E-state index is -0.506. The SMILES string of the molecule is CNc1cc2ncnc(Nc3ccc(F)c(Cl)c3)c2cc1NC(=O)c1cccnc1. The highest BCUT2D eigenvalue weighted by molar-refractivity contribution is 6.31. The van der Waals surface area contributed by atoms with E-state index in [2.05, 4.69) is 30.9 Å². The Labute approximate surface area is 176 Å². The van der Waals surface area contributed by atoms with E-state index in [-0.39, 0.29) is 10.9 Å². The molecule has 9 heteroatoms. The average Bonchev–Trinajstić information content (AvgIpc) is 2.77. The molecule has 0 atom stereocenters. The fourth-order valence-corrected chi connectivity index (χ4v) is 3.10. The van der Waals surface area contributed by atoms with Gasteiger partial charge in [0, 0.05) is 30.5 Å². The number of hydrogen-bond donors (Lipinski definition) is 3. The molecule has 150 valence electrons. The fourth-order valence-electron chi connectivity index (χ4n) is 2.92. The van der Waals surface area contributed by atoms with E-state index >= 15 is 0 Å². The van der Waals surface area contributed by atoms with Crippen LogP contribution in [-0.4, -0.2) is 27.9 Å². The van der Waals surface area contributed by atoms with Crippen LogP contribution in [0.5, 0.6) is 0 Å². The van der Waals surface area contributed by atoms with E-state index in [1.165, 1.54) is 24.7 Å². The normalized spacial score (nSPS) is 10.6. The molecule has 0 radical (unpaired) electrons. The third-order valence-corrected chi connectivity index (χ3v) is 4.69. The van der Waals surface area contributed by atoms with Gasteiger partial charge in [-0.05, 0) is 42.5 Å². The van der Waals surface area contributed by atoms with E-state index in [0.29, 0.717) is 39.3 Å². The van der Waals surface area contributed by atoms with Crippen LogP contribution in [0.2, 0.25) is 5.02 Å². The van der Waals surface area contributed by atoms with Crippen LogP contribution in [0.25, 0.3) is 10.9 Å². The number of hydrogen-bond acceptors (Lipinski definition) is 6. The van der Waals surface area contributed by atoms with Gasteiger partial charge in [-0.1, -0.05) is 11.6 Å². The molecule has 4 aromatic rings. The molecule has 2 heterocycles. The topological polar surface area (TPSA) is 91.8 Å². The molecule has 30 heavy (non-hydrogen) atoms. The van der Waals surface area contributed by atoms with E-state index in [9.17, 15) is 9.18 Å². The Morgan fingerprint density at radius 1 is 1.10 bits per heavy atom. The first-order valence-corrected chi connectivity index (χ1v) is 9.33. The summed E-state index contributed by atoms with van der Waals surface area (Å²) >= 11 is 5.87. The van der Waals surface area contributed by atoms with E-state index in [1.54, 1.807) is 43.6 Å². The van der Waals surface area contributed by atoms with E-state index in [1.807, 2.05) is 0 Å². The fraction of sp³-hybridized carbons (Fsp3) is 0.0476. The van der Waals surface area contributed by atoms with Crippen LogP contribution >= 0.6 is 11.6 Å².